The molecule has 2 rings (SSSR count). The molecular formula is C12H24N4O2S2. The quantitative estimate of drug-likeness (QED) is 0.716. The minimum Gasteiger partial charge on any atom is -0.392 e. The lowest BCUT2D eigenvalue weighted by atomic mass is 9.89. The van der Waals surface area contributed by atoms with E-state index in [1.165, 1.54) is 4.31 Å². The van der Waals surface area contributed by atoms with Crippen molar-refractivity contribution in [3.63, 3.8) is 0 Å². The molecule has 2 aliphatic rings. The number of hydrogen-bond donors (Lipinski definition) is 2. The molecule has 2 aliphatic heterocycles. The molecule has 3 N–H and O–H groups in total. The molecule has 0 aliphatic carbocycles. The highest BCUT2D eigenvalue weighted by atomic mass is 32.2. The van der Waals surface area contributed by atoms with E-state index in [9.17, 15) is 8.42 Å². The highest BCUT2D eigenvalue weighted by Gasteiger charge is 2.41. The SMILES string of the molecule is CN1CCC(NS(=O)(=O)N2CCCCC2)(C(N)=S)CC1. The lowest BCUT2D eigenvalue weighted by Crippen LogP contribution is -2.63. The van der Waals surface area contributed by atoms with Crippen molar-refractivity contribution in [1.82, 2.24) is 13.9 Å². The number of piperidine rings is 2. The average molecular weight is 320 g/mol. The van der Waals surface area contributed by atoms with Gasteiger partial charge in [-0.05, 0) is 32.7 Å². The molecular weight excluding hydrogens is 296 g/mol. The lowest BCUT2D eigenvalue weighted by Gasteiger charge is -2.41. The normalized spacial score (nSPS) is 25.4. The average Bonchev–Trinajstić information content (AvgIpc) is 2.42. The van der Waals surface area contributed by atoms with E-state index in [0.29, 0.717) is 25.9 Å². The first-order chi connectivity index (χ1) is 9.36. The van der Waals surface area contributed by atoms with E-state index in [4.69, 9.17) is 18.0 Å². The predicted octanol–water partition coefficient (Wildman–Crippen LogP) is 0.0572. The summed E-state index contributed by atoms with van der Waals surface area (Å²) in [6, 6.07) is 0. The third kappa shape index (κ3) is 3.48. The van der Waals surface area contributed by atoms with Gasteiger partial charge in [-0.25, -0.2) is 0 Å². The van der Waals surface area contributed by atoms with Crippen LogP contribution in [0.1, 0.15) is 32.1 Å². The standard InChI is InChI=1S/C12H24N4O2S2/c1-15-9-5-12(6-10-15,11(13)19)14-20(17,18)16-7-3-2-4-8-16/h14H,2-10H2,1H3,(H2,13,19). The second kappa shape index (κ2) is 6.23. The largest absolute Gasteiger partial charge is 0.392 e. The Hall–Kier alpha value is -0.280. The fourth-order valence-corrected chi connectivity index (χ4v) is 4.81. The second-order valence-electron chi connectivity index (χ2n) is 5.82. The molecule has 20 heavy (non-hydrogen) atoms. The maximum Gasteiger partial charge on any atom is 0.280 e. The van der Waals surface area contributed by atoms with E-state index in [1.807, 2.05) is 7.05 Å². The second-order valence-corrected chi connectivity index (χ2v) is 7.93. The number of thiocarbonyl (C=S) groups is 1. The Bertz CT molecular complexity index is 452. The van der Waals surface area contributed by atoms with Gasteiger partial charge in [0.05, 0.1) is 10.5 Å². The van der Waals surface area contributed by atoms with E-state index in [-0.39, 0.29) is 4.99 Å². The summed E-state index contributed by atoms with van der Waals surface area (Å²) in [5, 5.41) is 0. The van der Waals surface area contributed by atoms with Crippen LogP contribution in [0.5, 0.6) is 0 Å². The summed E-state index contributed by atoms with van der Waals surface area (Å²) in [5.41, 5.74) is 5.09. The summed E-state index contributed by atoms with van der Waals surface area (Å²) in [7, 11) is -1.49. The fourth-order valence-electron chi connectivity index (χ4n) is 2.82. The Labute approximate surface area is 126 Å². The van der Waals surface area contributed by atoms with Gasteiger partial charge in [-0.15, -0.1) is 0 Å². The van der Waals surface area contributed by atoms with Gasteiger partial charge in [-0.3, -0.25) is 0 Å². The maximum atomic E-state index is 12.5. The minimum atomic E-state index is -3.51. The summed E-state index contributed by atoms with van der Waals surface area (Å²) in [6.07, 6.45) is 4.20. The van der Waals surface area contributed by atoms with Crippen LogP contribution in [-0.2, 0) is 10.2 Å². The molecule has 8 heteroatoms. The summed E-state index contributed by atoms with van der Waals surface area (Å²) < 4.78 is 29.4. The molecule has 0 atom stereocenters. The topological polar surface area (TPSA) is 78.7 Å². The van der Waals surface area contributed by atoms with Crippen LogP contribution < -0.4 is 10.5 Å². The highest BCUT2D eigenvalue weighted by molar-refractivity contribution is 7.87. The summed E-state index contributed by atoms with van der Waals surface area (Å²) in [4.78, 5) is 2.41. The van der Waals surface area contributed by atoms with Gasteiger partial charge in [0.25, 0.3) is 10.2 Å². The third-order valence-electron chi connectivity index (χ3n) is 4.29. The van der Waals surface area contributed by atoms with E-state index in [0.717, 1.165) is 32.4 Å². The zero-order valence-electron chi connectivity index (χ0n) is 12.0. The zero-order chi connectivity index (χ0) is 14.8. The molecule has 2 heterocycles. The molecule has 0 aromatic heterocycles. The van der Waals surface area contributed by atoms with Crippen molar-refractivity contribution in [2.45, 2.75) is 37.6 Å². The van der Waals surface area contributed by atoms with Gasteiger partial charge in [0.15, 0.2) is 0 Å². The number of nitrogens with two attached hydrogens (primary N) is 1. The van der Waals surface area contributed by atoms with Gasteiger partial charge in [0.2, 0.25) is 0 Å². The van der Waals surface area contributed by atoms with Crippen LogP contribution in [0.15, 0.2) is 0 Å². The molecule has 0 saturated carbocycles. The lowest BCUT2D eigenvalue weighted by molar-refractivity contribution is 0.217. The van der Waals surface area contributed by atoms with Gasteiger partial charge in [-0.1, -0.05) is 18.6 Å². The first-order valence-corrected chi connectivity index (χ1v) is 8.98. The number of likely N-dealkylation sites (tertiary alicyclic amines) is 1. The van der Waals surface area contributed by atoms with Crippen LogP contribution in [0.2, 0.25) is 0 Å². The van der Waals surface area contributed by atoms with E-state index >= 15 is 0 Å². The molecule has 0 spiro atoms. The number of hydrogen-bond acceptors (Lipinski definition) is 4. The molecule has 6 nitrogen and oxygen atoms in total. The fraction of sp³-hybridized carbons (Fsp3) is 0.917. The summed E-state index contributed by atoms with van der Waals surface area (Å²) >= 11 is 5.15. The van der Waals surface area contributed by atoms with Crippen LogP contribution >= 0.6 is 12.2 Å². The molecule has 0 radical (unpaired) electrons. The van der Waals surface area contributed by atoms with Crippen molar-refractivity contribution in [2.75, 3.05) is 33.2 Å². The zero-order valence-corrected chi connectivity index (χ0v) is 13.6. The van der Waals surface area contributed by atoms with Crippen molar-refractivity contribution in [3.8, 4) is 0 Å². The van der Waals surface area contributed by atoms with Crippen molar-refractivity contribution >= 4 is 27.4 Å². The smallest absolute Gasteiger partial charge is 0.280 e. The Balaban J connectivity index is 2.13. The minimum absolute atomic E-state index is 0.256. The first-order valence-electron chi connectivity index (χ1n) is 7.13. The molecule has 116 valence electrons. The molecule has 0 unspecified atom stereocenters. The van der Waals surface area contributed by atoms with Crippen molar-refractivity contribution in [2.24, 2.45) is 5.73 Å². The van der Waals surface area contributed by atoms with E-state index in [1.54, 1.807) is 0 Å². The summed E-state index contributed by atoms with van der Waals surface area (Å²) in [5.74, 6) is 0. The van der Waals surface area contributed by atoms with Gasteiger partial charge in [0.1, 0.15) is 0 Å². The molecule has 0 aromatic rings. The predicted molar refractivity (Wildman–Crippen MR) is 83.7 cm³/mol. The Kier molecular flexibility index (Phi) is 5.01. The Morgan fingerprint density at radius 1 is 1.15 bits per heavy atom. The van der Waals surface area contributed by atoms with Gasteiger partial charge in [0, 0.05) is 26.2 Å². The maximum absolute atomic E-state index is 12.5. The van der Waals surface area contributed by atoms with Gasteiger partial charge in [-0.2, -0.15) is 17.4 Å². The van der Waals surface area contributed by atoms with E-state index in [2.05, 4.69) is 9.62 Å². The van der Waals surface area contributed by atoms with Crippen LogP contribution in [0.25, 0.3) is 0 Å². The van der Waals surface area contributed by atoms with Crippen LogP contribution in [0.4, 0.5) is 0 Å². The number of nitrogens with zero attached hydrogens (tertiary/aromatic N) is 2. The molecule has 0 aromatic carbocycles. The number of nitrogens with one attached hydrogen (secondary N) is 1. The summed E-state index contributed by atoms with van der Waals surface area (Å²) in [6.45, 7) is 2.75. The van der Waals surface area contributed by atoms with Crippen molar-refractivity contribution in [3.05, 3.63) is 0 Å². The third-order valence-corrected chi connectivity index (χ3v) is 6.38. The molecule has 0 amide bonds. The van der Waals surface area contributed by atoms with E-state index < -0.39 is 15.7 Å². The van der Waals surface area contributed by atoms with Crippen molar-refractivity contribution in [1.29, 1.82) is 0 Å². The van der Waals surface area contributed by atoms with Crippen molar-refractivity contribution < 1.29 is 8.42 Å². The van der Waals surface area contributed by atoms with Gasteiger partial charge < -0.3 is 10.6 Å². The first kappa shape index (κ1) is 16.1. The molecule has 2 saturated heterocycles. The van der Waals surface area contributed by atoms with Crippen LogP contribution in [-0.4, -0.2) is 61.4 Å². The molecule has 2 fully saturated rings. The Morgan fingerprint density at radius 2 is 1.70 bits per heavy atom. The molecule has 0 bridgehead atoms. The highest BCUT2D eigenvalue weighted by Crippen LogP contribution is 2.24. The van der Waals surface area contributed by atoms with Crippen LogP contribution in [0, 0.1) is 0 Å². The van der Waals surface area contributed by atoms with Gasteiger partial charge >= 0.3 is 0 Å². The number of rotatable bonds is 4. The monoisotopic (exact) mass is 320 g/mol. The Morgan fingerprint density at radius 3 is 2.20 bits per heavy atom. The van der Waals surface area contributed by atoms with Crippen LogP contribution in [0.3, 0.4) is 0 Å².